The molecular formula is C17H31NO5Si. The van der Waals surface area contributed by atoms with Crippen molar-refractivity contribution in [3.63, 3.8) is 0 Å². The van der Waals surface area contributed by atoms with Gasteiger partial charge in [0, 0.05) is 6.42 Å². The minimum atomic E-state index is -1.44. The predicted molar refractivity (Wildman–Crippen MR) is 94.3 cm³/mol. The maximum absolute atomic E-state index is 12.6. The van der Waals surface area contributed by atoms with Gasteiger partial charge in [0.15, 0.2) is 9.04 Å². The van der Waals surface area contributed by atoms with Crippen LogP contribution in [0.5, 0.6) is 0 Å². The van der Waals surface area contributed by atoms with Gasteiger partial charge in [0.1, 0.15) is 11.4 Å². The number of nitrogens with zero attached hydrogens (tertiary/aromatic N) is 1. The second-order valence-corrected chi connectivity index (χ2v) is 11.1. The molecule has 1 saturated heterocycles. The molecule has 0 radical (unpaired) electrons. The van der Waals surface area contributed by atoms with Crippen LogP contribution in [0.2, 0.25) is 13.1 Å². The van der Waals surface area contributed by atoms with Crippen LogP contribution in [0, 0.1) is 5.41 Å². The van der Waals surface area contributed by atoms with Crippen molar-refractivity contribution >= 4 is 26.8 Å². The van der Waals surface area contributed by atoms with E-state index in [0.29, 0.717) is 0 Å². The highest BCUT2D eigenvalue weighted by Crippen LogP contribution is 2.33. The quantitative estimate of drug-likeness (QED) is 0.573. The van der Waals surface area contributed by atoms with E-state index in [-0.39, 0.29) is 24.0 Å². The molecule has 0 aromatic carbocycles. The summed E-state index contributed by atoms with van der Waals surface area (Å²) in [5, 5.41) is 0. The molecule has 0 aliphatic carbocycles. The first-order chi connectivity index (χ1) is 10.7. The van der Waals surface area contributed by atoms with Crippen molar-refractivity contribution in [3.8, 4) is 0 Å². The Hall–Kier alpha value is -1.21. The molecule has 1 rings (SSSR count). The molecule has 1 fully saturated rings. The fourth-order valence-corrected chi connectivity index (χ4v) is 3.97. The molecule has 0 spiro atoms. The number of likely N-dealkylation sites (tertiary alicyclic amines) is 1. The summed E-state index contributed by atoms with van der Waals surface area (Å²) in [6.07, 6.45) is -1.24. The van der Waals surface area contributed by atoms with E-state index < -0.39 is 38.8 Å². The van der Waals surface area contributed by atoms with Gasteiger partial charge in [-0.2, -0.15) is 0 Å². The van der Waals surface area contributed by atoms with E-state index in [2.05, 4.69) is 0 Å². The highest BCUT2D eigenvalue weighted by Gasteiger charge is 2.46. The van der Waals surface area contributed by atoms with E-state index in [1.54, 1.807) is 20.8 Å². The van der Waals surface area contributed by atoms with Crippen LogP contribution in [-0.4, -0.2) is 49.5 Å². The van der Waals surface area contributed by atoms with Crippen molar-refractivity contribution in [1.29, 1.82) is 0 Å². The lowest BCUT2D eigenvalue weighted by molar-refractivity contribution is -0.146. The molecule has 2 atom stereocenters. The second-order valence-electron chi connectivity index (χ2n) is 8.70. The van der Waals surface area contributed by atoms with Crippen molar-refractivity contribution < 1.29 is 23.5 Å². The van der Waals surface area contributed by atoms with Gasteiger partial charge in [-0.25, -0.2) is 9.69 Å². The van der Waals surface area contributed by atoms with Crippen LogP contribution in [-0.2, 0) is 18.8 Å². The molecule has 2 amide bonds. The fraction of sp³-hybridized carbons (Fsp3) is 0.824. The predicted octanol–water partition coefficient (Wildman–Crippen LogP) is 2.90. The van der Waals surface area contributed by atoms with Crippen molar-refractivity contribution in [2.24, 2.45) is 5.41 Å². The highest BCUT2D eigenvalue weighted by atomic mass is 28.3. The van der Waals surface area contributed by atoms with E-state index in [1.165, 1.54) is 0 Å². The molecule has 0 saturated carbocycles. The first kappa shape index (κ1) is 20.8. The molecule has 0 aromatic rings. The zero-order valence-corrected chi connectivity index (χ0v) is 17.3. The van der Waals surface area contributed by atoms with Gasteiger partial charge in [-0.1, -0.05) is 20.8 Å². The van der Waals surface area contributed by atoms with E-state index >= 15 is 0 Å². The molecule has 2 unspecified atom stereocenters. The number of carbonyl (C=O) groups excluding carboxylic acids is 3. The smallest absolute Gasteiger partial charge is 0.417 e. The van der Waals surface area contributed by atoms with E-state index in [0.717, 1.165) is 4.90 Å². The van der Waals surface area contributed by atoms with Crippen LogP contribution in [0.3, 0.4) is 0 Å². The van der Waals surface area contributed by atoms with Crippen LogP contribution < -0.4 is 0 Å². The third-order valence-electron chi connectivity index (χ3n) is 3.60. The minimum absolute atomic E-state index is 0.119. The van der Waals surface area contributed by atoms with Gasteiger partial charge < -0.3 is 9.16 Å². The first-order valence-corrected chi connectivity index (χ1v) is 11.2. The summed E-state index contributed by atoms with van der Waals surface area (Å²) < 4.78 is 11.5. The zero-order chi connectivity index (χ0) is 18.9. The summed E-state index contributed by atoms with van der Waals surface area (Å²) >= 11 is 0. The Labute approximate surface area is 146 Å². The lowest BCUT2D eigenvalue weighted by atomic mass is 9.81. The zero-order valence-electron chi connectivity index (χ0n) is 16.1. The van der Waals surface area contributed by atoms with Gasteiger partial charge in [0.25, 0.3) is 0 Å². The molecular weight excluding hydrogens is 326 g/mol. The number of amides is 2. The topological polar surface area (TPSA) is 72.9 Å². The normalized spacial score (nSPS) is 21.2. The molecule has 7 heteroatoms. The van der Waals surface area contributed by atoms with Crippen molar-refractivity contribution in [3.05, 3.63) is 0 Å². The molecule has 0 N–H and O–H groups in total. The molecule has 6 nitrogen and oxygen atoms in total. The van der Waals surface area contributed by atoms with E-state index in [9.17, 15) is 14.4 Å². The van der Waals surface area contributed by atoms with Crippen LogP contribution in [0.1, 0.15) is 54.4 Å². The number of rotatable bonds is 3. The number of imide groups is 1. The molecule has 1 aliphatic rings. The summed E-state index contributed by atoms with van der Waals surface area (Å²) in [5.41, 5.74) is -1.03. The largest absolute Gasteiger partial charge is 0.443 e. The Morgan fingerprint density at radius 2 is 1.71 bits per heavy atom. The number of ether oxygens (including phenoxy) is 1. The molecule has 0 aromatic heterocycles. The van der Waals surface area contributed by atoms with Gasteiger partial charge in [-0.3, -0.25) is 9.59 Å². The number of hydrogen-bond acceptors (Lipinski definition) is 5. The monoisotopic (exact) mass is 357 g/mol. The number of carbonyl (C=O) groups is 3. The van der Waals surface area contributed by atoms with Crippen LogP contribution >= 0.6 is 0 Å². The SMILES string of the molecule is C[SiH](C)OC(C1CC(=O)CC(=O)N1C(=O)OC(C)(C)C)C(C)(C)C. The summed E-state index contributed by atoms with van der Waals surface area (Å²) in [6, 6.07) is -0.622. The van der Waals surface area contributed by atoms with Gasteiger partial charge in [0.2, 0.25) is 5.91 Å². The number of hydrogen-bond donors (Lipinski definition) is 0. The molecule has 138 valence electrons. The summed E-state index contributed by atoms with van der Waals surface area (Å²) in [6.45, 7) is 15.3. The average molecular weight is 358 g/mol. The lowest BCUT2D eigenvalue weighted by Crippen LogP contribution is -2.59. The molecule has 0 bridgehead atoms. The first-order valence-electron chi connectivity index (χ1n) is 8.44. The highest BCUT2D eigenvalue weighted by molar-refractivity contribution is 6.48. The summed E-state index contributed by atoms with van der Waals surface area (Å²) in [5.74, 6) is -0.665. The van der Waals surface area contributed by atoms with Crippen molar-refractivity contribution in [2.75, 3.05) is 0 Å². The lowest BCUT2D eigenvalue weighted by Gasteiger charge is -2.44. The van der Waals surface area contributed by atoms with Gasteiger partial charge >= 0.3 is 6.09 Å². The van der Waals surface area contributed by atoms with Crippen LogP contribution in [0.4, 0.5) is 4.79 Å². The van der Waals surface area contributed by atoms with Gasteiger partial charge in [-0.15, -0.1) is 0 Å². The van der Waals surface area contributed by atoms with Crippen LogP contribution in [0.25, 0.3) is 0 Å². The number of Topliss-reactive ketones (excluding diaryl/α,β-unsaturated/α-hetero) is 1. The third kappa shape index (κ3) is 5.70. The number of piperidine rings is 1. The maximum Gasteiger partial charge on any atom is 0.417 e. The number of ketones is 1. The Morgan fingerprint density at radius 3 is 2.12 bits per heavy atom. The maximum atomic E-state index is 12.6. The second kappa shape index (κ2) is 7.35. The van der Waals surface area contributed by atoms with E-state index in [4.69, 9.17) is 9.16 Å². The van der Waals surface area contributed by atoms with E-state index in [1.807, 2.05) is 33.9 Å². The fourth-order valence-electron chi connectivity index (χ4n) is 2.79. The average Bonchev–Trinajstić information content (AvgIpc) is 2.30. The Kier molecular flexibility index (Phi) is 6.38. The third-order valence-corrected chi connectivity index (χ3v) is 4.44. The van der Waals surface area contributed by atoms with Crippen molar-refractivity contribution in [1.82, 2.24) is 4.90 Å². The summed E-state index contributed by atoms with van der Waals surface area (Å²) in [7, 11) is -1.44. The standard InChI is InChI=1S/C17H31NO5Si/c1-16(2,3)14(23-24(7)8)12-9-11(19)10-13(20)18(12)15(21)22-17(4,5)6/h12,14,24H,9-10H2,1-8H3. The van der Waals surface area contributed by atoms with Gasteiger partial charge in [0.05, 0.1) is 18.6 Å². The van der Waals surface area contributed by atoms with Gasteiger partial charge in [-0.05, 0) is 39.3 Å². The molecule has 1 heterocycles. The summed E-state index contributed by atoms with van der Waals surface area (Å²) in [4.78, 5) is 38.1. The van der Waals surface area contributed by atoms with Crippen LogP contribution in [0.15, 0.2) is 0 Å². The molecule has 24 heavy (non-hydrogen) atoms. The minimum Gasteiger partial charge on any atom is -0.443 e. The Bertz CT molecular complexity index is 504. The van der Waals surface area contributed by atoms with Crippen molar-refractivity contribution in [2.45, 2.75) is 85.2 Å². The Balaban J connectivity index is 3.22. The Morgan fingerprint density at radius 1 is 1.17 bits per heavy atom. The molecule has 1 aliphatic heterocycles.